The van der Waals surface area contributed by atoms with Crippen molar-refractivity contribution in [2.24, 2.45) is 0 Å². The average Bonchev–Trinajstić information content (AvgIpc) is 2.84. The lowest BCUT2D eigenvalue weighted by Gasteiger charge is -2.37. The maximum Gasteiger partial charge on any atom is 0.417 e. The number of hydrogen-bond donors (Lipinski definition) is 1. The van der Waals surface area contributed by atoms with E-state index in [1.807, 2.05) is 41.3 Å². The lowest BCUT2D eigenvalue weighted by molar-refractivity contribution is -0.137. The van der Waals surface area contributed by atoms with Gasteiger partial charge in [-0.25, -0.2) is 9.97 Å². The first-order valence-corrected chi connectivity index (χ1v) is 10.5. The Morgan fingerprint density at radius 1 is 0.848 bits per heavy atom. The van der Waals surface area contributed by atoms with Crippen LogP contribution in [0.4, 0.5) is 24.7 Å². The molecule has 168 valence electrons. The van der Waals surface area contributed by atoms with Crippen LogP contribution in [0.25, 0.3) is 22.3 Å². The Labute approximate surface area is 187 Å². The number of H-pyrrole nitrogens is 1. The van der Waals surface area contributed by atoms with Gasteiger partial charge < -0.3 is 14.8 Å². The summed E-state index contributed by atoms with van der Waals surface area (Å²) < 4.78 is 38.4. The van der Waals surface area contributed by atoms with Crippen molar-refractivity contribution in [1.82, 2.24) is 15.0 Å². The van der Waals surface area contributed by atoms with Gasteiger partial charge in [-0.2, -0.15) is 13.2 Å². The molecule has 1 fully saturated rings. The van der Waals surface area contributed by atoms with Crippen LogP contribution in [0.3, 0.4) is 0 Å². The number of nitrogens with one attached hydrogen (secondary N) is 1. The first-order chi connectivity index (χ1) is 15.9. The van der Waals surface area contributed by atoms with Crippen molar-refractivity contribution in [1.29, 1.82) is 0 Å². The third-order valence-electron chi connectivity index (χ3n) is 5.79. The van der Waals surface area contributed by atoms with Gasteiger partial charge in [0.25, 0.3) is 5.56 Å². The molecule has 0 unspecified atom stereocenters. The van der Waals surface area contributed by atoms with E-state index in [2.05, 4.69) is 19.9 Å². The average molecular weight is 451 g/mol. The Hall–Kier alpha value is -3.88. The summed E-state index contributed by atoms with van der Waals surface area (Å²) in [5.74, 6) is 1.03. The molecule has 9 heteroatoms. The molecular formula is C24H20F3N5O. The van der Waals surface area contributed by atoms with E-state index < -0.39 is 11.7 Å². The van der Waals surface area contributed by atoms with E-state index in [1.165, 1.54) is 6.07 Å². The summed E-state index contributed by atoms with van der Waals surface area (Å²) in [7, 11) is 0. The predicted octanol–water partition coefficient (Wildman–Crippen LogP) is 4.33. The number of nitrogens with zero attached hydrogens (tertiary/aromatic N) is 4. The molecule has 1 aliphatic heterocycles. The third kappa shape index (κ3) is 4.13. The summed E-state index contributed by atoms with van der Waals surface area (Å²) in [5.41, 5.74) is 1.45. The highest BCUT2D eigenvalue weighted by atomic mass is 19.4. The largest absolute Gasteiger partial charge is 0.417 e. The molecule has 0 aliphatic carbocycles. The minimum Gasteiger partial charge on any atom is -0.367 e. The van der Waals surface area contributed by atoms with E-state index in [0.29, 0.717) is 48.7 Å². The molecule has 3 heterocycles. The van der Waals surface area contributed by atoms with Gasteiger partial charge in [0, 0.05) is 43.6 Å². The number of anilines is 2. The van der Waals surface area contributed by atoms with Gasteiger partial charge in [0.2, 0.25) is 0 Å². The lowest BCUT2D eigenvalue weighted by Crippen LogP contribution is -2.47. The summed E-state index contributed by atoms with van der Waals surface area (Å²) in [6.45, 7) is 2.51. The van der Waals surface area contributed by atoms with Crippen LogP contribution in [-0.2, 0) is 6.18 Å². The van der Waals surface area contributed by atoms with Gasteiger partial charge in [-0.3, -0.25) is 4.79 Å². The number of halogens is 3. The fraction of sp³-hybridized carbons (Fsp3) is 0.208. The molecule has 0 spiro atoms. The summed E-state index contributed by atoms with van der Waals surface area (Å²) in [6, 6.07) is 17.4. The number of fused-ring (bicyclic) bond motifs is 1. The normalized spacial score (nSPS) is 14.6. The number of aromatic nitrogens is 3. The molecule has 1 N–H and O–H groups in total. The monoisotopic (exact) mass is 451 g/mol. The Kier molecular flexibility index (Phi) is 5.24. The van der Waals surface area contributed by atoms with Crippen LogP contribution < -0.4 is 15.4 Å². The zero-order chi connectivity index (χ0) is 23.0. The molecule has 0 atom stereocenters. The number of pyridine rings is 1. The Morgan fingerprint density at radius 2 is 1.55 bits per heavy atom. The van der Waals surface area contributed by atoms with E-state index >= 15 is 0 Å². The number of alkyl halides is 3. The van der Waals surface area contributed by atoms with E-state index in [4.69, 9.17) is 0 Å². The summed E-state index contributed by atoms with van der Waals surface area (Å²) in [5, 5.41) is 0.538. The van der Waals surface area contributed by atoms with Crippen LogP contribution in [0, 0.1) is 0 Å². The van der Waals surface area contributed by atoms with Crippen LogP contribution in [0.1, 0.15) is 5.56 Å². The van der Waals surface area contributed by atoms with Gasteiger partial charge in [0.1, 0.15) is 11.6 Å². The molecule has 6 nitrogen and oxygen atoms in total. The Balaban J connectivity index is 1.38. The Bertz CT molecular complexity index is 1340. The quantitative estimate of drug-likeness (QED) is 0.502. The predicted molar refractivity (Wildman–Crippen MR) is 121 cm³/mol. The third-order valence-corrected chi connectivity index (χ3v) is 5.79. The van der Waals surface area contributed by atoms with Gasteiger partial charge in [-0.15, -0.1) is 0 Å². The van der Waals surface area contributed by atoms with Gasteiger partial charge in [-0.1, -0.05) is 24.3 Å². The fourth-order valence-corrected chi connectivity index (χ4v) is 4.08. The molecule has 2 aromatic heterocycles. The van der Waals surface area contributed by atoms with E-state index in [-0.39, 0.29) is 5.56 Å². The van der Waals surface area contributed by atoms with Crippen molar-refractivity contribution in [3.8, 4) is 11.4 Å². The van der Waals surface area contributed by atoms with Crippen molar-refractivity contribution in [3.63, 3.8) is 0 Å². The zero-order valence-corrected chi connectivity index (χ0v) is 17.5. The number of aromatic amines is 1. The van der Waals surface area contributed by atoms with Crippen molar-refractivity contribution in [3.05, 3.63) is 82.8 Å². The zero-order valence-electron chi connectivity index (χ0n) is 17.5. The molecule has 4 aromatic rings. The number of benzene rings is 2. The van der Waals surface area contributed by atoms with Gasteiger partial charge in [0.15, 0.2) is 0 Å². The van der Waals surface area contributed by atoms with Gasteiger partial charge >= 0.3 is 6.18 Å². The molecule has 5 rings (SSSR count). The molecule has 0 amide bonds. The van der Waals surface area contributed by atoms with Gasteiger partial charge in [-0.05, 0) is 36.4 Å². The molecular weight excluding hydrogens is 431 g/mol. The second-order valence-electron chi connectivity index (χ2n) is 7.83. The number of piperazine rings is 1. The van der Waals surface area contributed by atoms with E-state index in [1.54, 1.807) is 12.1 Å². The van der Waals surface area contributed by atoms with Crippen LogP contribution in [0.2, 0.25) is 0 Å². The maximum atomic E-state index is 12.8. The molecule has 0 saturated carbocycles. The number of rotatable bonds is 3. The van der Waals surface area contributed by atoms with Crippen molar-refractivity contribution < 1.29 is 13.2 Å². The molecule has 33 heavy (non-hydrogen) atoms. The van der Waals surface area contributed by atoms with E-state index in [9.17, 15) is 18.0 Å². The van der Waals surface area contributed by atoms with Gasteiger partial charge in [0.05, 0.1) is 16.5 Å². The summed E-state index contributed by atoms with van der Waals surface area (Å²) >= 11 is 0. The van der Waals surface area contributed by atoms with Crippen molar-refractivity contribution >= 4 is 22.4 Å². The molecule has 1 saturated heterocycles. The van der Waals surface area contributed by atoms with E-state index in [0.717, 1.165) is 23.5 Å². The first kappa shape index (κ1) is 21.0. The van der Waals surface area contributed by atoms with Crippen LogP contribution in [-0.4, -0.2) is 41.1 Å². The van der Waals surface area contributed by atoms with Crippen LogP contribution in [0.5, 0.6) is 0 Å². The lowest BCUT2D eigenvalue weighted by atomic mass is 10.1. The highest BCUT2D eigenvalue weighted by Gasteiger charge is 2.31. The molecule has 1 aliphatic rings. The second-order valence-corrected chi connectivity index (χ2v) is 7.83. The standard InChI is InChI=1S/C24H20F3N5O/c25-24(26,27)16-9-10-21(28-15-16)32-13-11-31(12-14-32)20-8-4-2-6-18(20)22-29-19-7-3-1-5-17(19)23(33)30-22/h1-10,15H,11-14H2,(H,29,30,33). The molecule has 0 radical (unpaired) electrons. The second kappa shape index (κ2) is 8.23. The molecule has 2 aromatic carbocycles. The first-order valence-electron chi connectivity index (χ1n) is 10.5. The van der Waals surface area contributed by atoms with Crippen molar-refractivity contribution in [2.75, 3.05) is 36.0 Å². The number of hydrogen-bond acceptors (Lipinski definition) is 5. The van der Waals surface area contributed by atoms with Crippen LogP contribution in [0.15, 0.2) is 71.7 Å². The SMILES string of the molecule is O=c1[nH]c(-c2ccccc2N2CCN(c3ccc(C(F)(F)F)cn3)CC2)nc2ccccc12. The maximum absolute atomic E-state index is 12.8. The fourth-order valence-electron chi connectivity index (χ4n) is 4.08. The topological polar surface area (TPSA) is 65.1 Å². The number of para-hydroxylation sites is 2. The molecule has 0 bridgehead atoms. The minimum atomic E-state index is -4.40. The summed E-state index contributed by atoms with van der Waals surface area (Å²) in [6.07, 6.45) is -3.52. The summed E-state index contributed by atoms with van der Waals surface area (Å²) in [4.78, 5) is 28.3. The van der Waals surface area contributed by atoms with Crippen LogP contribution >= 0.6 is 0 Å². The Morgan fingerprint density at radius 3 is 2.27 bits per heavy atom. The highest BCUT2D eigenvalue weighted by molar-refractivity contribution is 5.82. The minimum absolute atomic E-state index is 0.191. The van der Waals surface area contributed by atoms with Crippen molar-refractivity contribution in [2.45, 2.75) is 6.18 Å². The highest BCUT2D eigenvalue weighted by Crippen LogP contribution is 2.31. The smallest absolute Gasteiger partial charge is 0.367 e.